The van der Waals surface area contributed by atoms with E-state index >= 15 is 0 Å². The second-order valence-electron chi connectivity index (χ2n) is 6.80. The van der Waals surface area contributed by atoms with Crippen molar-refractivity contribution in [2.75, 3.05) is 26.3 Å². The fourth-order valence-corrected chi connectivity index (χ4v) is 3.78. The van der Waals surface area contributed by atoms with E-state index in [0.29, 0.717) is 36.8 Å². The third kappa shape index (κ3) is 3.29. The molecule has 1 unspecified atom stereocenters. The maximum atomic E-state index is 14.9. The highest BCUT2D eigenvalue weighted by molar-refractivity contribution is 5.56. The van der Waals surface area contributed by atoms with Crippen LogP contribution in [0, 0.1) is 11.7 Å². The molecule has 0 amide bonds. The number of piperidine rings is 1. The number of aromatic nitrogens is 4. The summed E-state index contributed by atoms with van der Waals surface area (Å²) in [5.74, 6) is -0.224. The summed E-state index contributed by atoms with van der Waals surface area (Å²) in [6, 6.07) is 5.31. The van der Waals surface area contributed by atoms with E-state index in [9.17, 15) is 4.39 Å². The van der Waals surface area contributed by atoms with Crippen LogP contribution in [0.5, 0.6) is 0 Å². The number of aromatic amines is 1. The highest BCUT2D eigenvalue weighted by Crippen LogP contribution is 2.34. The van der Waals surface area contributed by atoms with Crippen molar-refractivity contribution in [2.45, 2.75) is 32.1 Å². The third-order valence-corrected chi connectivity index (χ3v) is 5.17. The van der Waals surface area contributed by atoms with Crippen LogP contribution < -0.4 is 0 Å². The summed E-state index contributed by atoms with van der Waals surface area (Å²) in [7, 11) is 0. The van der Waals surface area contributed by atoms with E-state index in [1.807, 2.05) is 19.1 Å². The average Bonchev–Trinajstić information content (AvgIpc) is 3.30. The summed E-state index contributed by atoms with van der Waals surface area (Å²) in [4.78, 5) is 2.27. The summed E-state index contributed by atoms with van der Waals surface area (Å²) < 4.78 is 26.5. The smallest absolute Gasteiger partial charge is 0.207 e. The molecule has 7 nitrogen and oxygen atoms in total. The highest BCUT2D eigenvalue weighted by Gasteiger charge is 2.41. The Labute approximate surface area is 145 Å². The van der Waals surface area contributed by atoms with Gasteiger partial charge < -0.3 is 9.47 Å². The molecule has 0 saturated carbocycles. The Morgan fingerprint density at radius 1 is 1.36 bits per heavy atom. The number of ether oxygens (including phenoxy) is 2. The first kappa shape index (κ1) is 16.6. The molecule has 2 aliphatic heterocycles. The number of H-pyrrole nitrogens is 1. The Morgan fingerprint density at radius 3 is 2.96 bits per heavy atom. The molecule has 2 aliphatic rings. The predicted molar refractivity (Wildman–Crippen MR) is 87.9 cm³/mol. The normalized spacial score (nSPS) is 23.8. The fourth-order valence-electron chi connectivity index (χ4n) is 3.78. The largest absolute Gasteiger partial charge is 0.347 e. The van der Waals surface area contributed by atoms with Gasteiger partial charge in [-0.25, -0.2) is 4.39 Å². The molecule has 2 saturated heterocycles. The predicted octanol–water partition coefficient (Wildman–Crippen LogP) is 1.98. The number of tetrazole rings is 1. The van der Waals surface area contributed by atoms with Crippen molar-refractivity contribution in [3.05, 3.63) is 29.6 Å². The minimum Gasteiger partial charge on any atom is -0.347 e. The van der Waals surface area contributed by atoms with Gasteiger partial charge in [0.15, 0.2) is 5.79 Å². The molecule has 1 aromatic heterocycles. The van der Waals surface area contributed by atoms with Gasteiger partial charge in [0.2, 0.25) is 5.82 Å². The Hall–Kier alpha value is -1.90. The molecule has 134 valence electrons. The average molecular weight is 347 g/mol. The Morgan fingerprint density at radius 2 is 2.20 bits per heavy atom. The van der Waals surface area contributed by atoms with Crippen molar-refractivity contribution in [1.29, 1.82) is 0 Å². The second-order valence-corrected chi connectivity index (χ2v) is 6.80. The van der Waals surface area contributed by atoms with Crippen molar-refractivity contribution in [3.8, 4) is 11.4 Å². The first-order valence-electron chi connectivity index (χ1n) is 8.67. The number of likely N-dealkylation sites (tertiary alicyclic amines) is 1. The molecule has 8 heteroatoms. The summed E-state index contributed by atoms with van der Waals surface area (Å²) in [6.07, 6.45) is 2.12. The molecule has 4 rings (SSSR count). The highest BCUT2D eigenvalue weighted by atomic mass is 19.1. The van der Waals surface area contributed by atoms with Crippen LogP contribution in [0.3, 0.4) is 0 Å². The molecule has 25 heavy (non-hydrogen) atoms. The van der Waals surface area contributed by atoms with Gasteiger partial charge in [0.25, 0.3) is 0 Å². The van der Waals surface area contributed by atoms with E-state index in [-0.39, 0.29) is 11.6 Å². The van der Waals surface area contributed by atoms with Crippen LogP contribution in [0.4, 0.5) is 4.39 Å². The molecule has 0 spiro atoms. The van der Waals surface area contributed by atoms with Gasteiger partial charge in [-0.1, -0.05) is 12.1 Å². The van der Waals surface area contributed by atoms with Crippen molar-refractivity contribution in [1.82, 2.24) is 25.5 Å². The van der Waals surface area contributed by atoms with E-state index in [4.69, 9.17) is 9.47 Å². The van der Waals surface area contributed by atoms with E-state index in [2.05, 4.69) is 25.5 Å². The molecule has 0 bridgehead atoms. The monoisotopic (exact) mass is 347 g/mol. The lowest BCUT2D eigenvalue weighted by molar-refractivity contribution is -0.192. The van der Waals surface area contributed by atoms with Crippen LogP contribution >= 0.6 is 0 Å². The maximum Gasteiger partial charge on any atom is 0.207 e. The standard InChI is InChI=1S/C17H22FN5O2/c1-17(24-8-9-25-17)13-5-3-7-23(11-13)10-12-4-2-6-14(15(12)18)16-19-21-22-20-16/h2,4,6,13H,3,5,7-11H2,1H3,(H,19,20,21,22). The van der Waals surface area contributed by atoms with Crippen LogP contribution in [0.2, 0.25) is 0 Å². The molecule has 1 N–H and O–H groups in total. The number of hydrogen-bond donors (Lipinski definition) is 1. The molecule has 3 heterocycles. The zero-order valence-corrected chi connectivity index (χ0v) is 14.2. The molecule has 1 aromatic carbocycles. The topological polar surface area (TPSA) is 76.2 Å². The fraction of sp³-hybridized carbons (Fsp3) is 0.588. The molecule has 2 aromatic rings. The van der Waals surface area contributed by atoms with Crippen molar-refractivity contribution in [3.63, 3.8) is 0 Å². The number of benzene rings is 1. The van der Waals surface area contributed by atoms with Gasteiger partial charge in [-0.15, -0.1) is 10.2 Å². The van der Waals surface area contributed by atoms with E-state index in [1.165, 1.54) is 0 Å². The van der Waals surface area contributed by atoms with Gasteiger partial charge in [0.05, 0.1) is 18.8 Å². The molecule has 1 atom stereocenters. The quantitative estimate of drug-likeness (QED) is 0.911. The second kappa shape index (κ2) is 6.78. The number of rotatable bonds is 4. The lowest BCUT2D eigenvalue weighted by Gasteiger charge is -2.40. The van der Waals surface area contributed by atoms with Crippen molar-refractivity contribution >= 4 is 0 Å². The number of nitrogens with zero attached hydrogens (tertiary/aromatic N) is 4. The first-order chi connectivity index (χ1) is 12.2. The van der Waals surface area contributed by atoms with Crippen LogP contribution in [0.15, 0.2) is 18.2 Å². The van der Waals surface area contributed by atoms with Crippen LogP contribution in [0.25, 0.3) is 11.4 Å². The van der Waals surface area contributed by atoms with Gasteiger partial charge in [-0.2, -0.15) is 5.21 Å². The van der Waals surface area contributed by atoms with Crippen LogP contribution in [0.1, 0.15) is 25.3 Å². The Bertz CT molecular complexity index is 718. The summed E-state index contributed by atoms with van der Waals surface area (Å²) in [6.45, 7) is 5.64. The number of halogens is 1. The van der Waals surface area contributed by atoms with Gasteiger partial charge in [-0.05, 0) is 37.6 Å². The maximum absolute atomic E-state index is 14.9. The lowest BCUT2D eigenvalue weighted by Crippen LogP contribution is -2.46. The Balaban J connectivity index is 1.49. The molecule has 0 radical (unpaired) electrons. The molecule has 0 aliphatic carbocycles. The molecule has 2 fully saturated rings. The van der Waals surface area contributed by atoms with Gasteiger partial charge >= 0.3 is 0 Å². The van der Waals surface area contributed by atoms with Gasteiger partial charge in [-0.3, -0.25) is 4.90 Å². The minimum atomic E-state index is -0.510. The zero-order chi connectivity index (χ0) is 17.3. The SMILES string of the molecule is CC1(C2CCCN(Cc3cccc(-c4nn[nH]n4)c3F)C2)OCCO1. The summed E-state index contributed by atoms with van der Waals surface area (Å²) in [5, 5.41) is 13.6. The van der Waals surface area contributed by atoms with Gasteiger partial charge in [0, 0.05) is 24.6 Å². The van der Waals surface area contributed by atoms with Crippen LogP contribution in [-0.2, 0) is 16.0 Å². The Kier molecular flexibility index (Phi) is 4.49. The van der Waals surface area contributed by atoms with E-state index in [1.54, 1.807) is 6.07 Å². The van der Waals surface area contributed by atoms with Crippen LogP contribution in [-0.4, -0.2) is 57.6 Å². The van der Waals surface area contributed by atoms with Crippen molar-refractivity contribution in [2.24, 2.45) is 5.92 Å². The van der Waals surface area contributed by atoms with Crippen molar-refractivity contribution < 1.29 is 13.9 Å². The molecular formula is C17H22FN5O2. The van der Waals surface area contributed by atoms with Gasteiger partial charge in [0.1, 0.15) is 5.82 Å². The summed E-state index contributed by atoms with van der Waals surface area (Å²) >= 11 is 0. The van der Waals surface area contributed by atoms with E-state index < -0.39 is 5.79 Å². The zero-order valence-electron chi connectivity index (χ0n) is 14.2. The number of nitrogens with one attached hydrogen (secondary N) is 1. The minimum absolute atomic E-state index is 0.274. The lowest BCUT2D eigenvalue weighted by atomic mass is 9.90. The number of hydrogen-bond acceptors (Lipinski definition) is 6. The molecular weight excluding hydrogens is 325 g/mol. The van der Waals surface area contributed by atoms with E-state index in [0.717, 1.165) is 25.9 Å². The first-order valence-corrected chi connectivity index (χ1v) is 8.67. The third-order valence-electron chi connectivity index (χ3n) is 5.17. The summed E-state index contributed by atoms with van der Waals surface area (Å²) in [5.41, 5.74) is 1.01.